The fraction of sp³-hybridized carbons (Fsp3) is 0.833. The Bertz CT molecular complexity index is 273. The Kier molecular flexibility index (Phi) is 3.80. The second-order valence-electron chi connectivity index (χ2n) is 5.02. The van der Waals surface area contributed by atoms with Crippen LogP contribution in [0.2, 0.25) is 0 Å². The number of hydrogen-bond donors (Lipinski definition) is 0. The lowest BCUT2D eigenvalue weighted by molar-refractivity contribution is 0.297. The summed E-state index contributed by atoms with van der Waals surface area (Å²) in [6.45, 7) is 2.23. The Hall–Kier alpha value is -0.220. The summed E-state index contributed by atoms with van der Waals surface area (Å²) in [6.07, 6.45) is 4.96. The summed E-state index contributed by atoms with van der Waals surface area (Å²) in [4.78, 5) is 6.74. The molecule has 2 nitrogen and oxygen atoms in total. The third kappa shape index (κ3) is 2.23. The number of thiocarbonyl (C=S) groups is 2. The Labute approximate surface area is 109 Å². The summed E-state index contributed by atoms with van der Waals surface area (Å²) >= 11 is 11.1. The molecule has 0 aromatic heterocycles. The Morgan fingerprint density at radius 3 is 1.62 bits per heavy atom. The van der Waals surface area contributed by atoms with Gasteiger partial charge in [-0.1, -0.05) is 24.4 Å². The van der Waals surface area contributed by atoms with E-state index in [4.69, 9.17) is 24.4 Å². The van der Waals surface area contributed by atoms with Gasteiger partial charge >= 0.3 is 0 Å². The van der Waals surface area contributed by atoms with Gasteiger partial charge in [-0.2, -0.15) is 0 Å². The van der Waals surface area contributed by atoms with Gasteiger partial charge < -0.3 is 9.80 Å². The van der Waals surface area contributed by atoms with Crippen LogP contribution in [0.15, 0.2) is 0 Å². The van der Waals surface area contributed by atoms with Gasteiger partial charge in [-0.3, -0.25) is 0 Å². The fourth-order valence-electron chi connectivity index (χ4n) is 2.88. The van der Waals surface area contributed by atoms with E-state index >= 15 is 0 Å². The standard InChI is InChI=1S/C12H20N2S2/c1-13-7-3-5-9(11(13)15)10-6-4-8-14(2)12(10)16/h9-10H,3-8H2,1-2H3. The number of hydrogen-bond acceptors (Lipinski definition) is 2. The summed E-state index contributed by atoms with van der Waals surface area (Å²) in [5, 5.41) is 0. The van der Waals surface area contributed by atoms with Crippen LogP contribution in [0.5, 0.6) is 0 Å². The molecule has 0 spiro atoms. The minimum atomic E-state index is 0.518. The second kappa shape index (κ2) is 4.96. The molecule has 2 atom stereocenters. The summed E-state index contributed by atoms with van der Waals surface area (Å²) in [7, 11) is 4.23. The minimum absolute atomic E-state index is 0.518. The molecular weight excluding hydrogens is 236 g/mol. The maximum atomic E-state index is 5.57. The van der Waals surface area contributed by atoms with Crippen molar-refractivity contribution >= 4 is 34.4 Å². The van der Waals surface area contributed by atoms with E-state index in [9.17, 15) is 0 Å². The van der Waals surface area contributed by atoms with Gasteiger partial charge in [0.25, 0.3) is 0 Å². The van der Waals surface area contributed by atoms with E-state index in [1.54, 1.807) is 0 Å². The fourth-order valence-corrected chi connectivity index (χ4v) is 3.62. The predicted octanol–water partition coefficient (Wildman–Crippen LogP) is 2.32. The average Bonchev–Trinajstić information content (AvgIpc) is 2.27. The minimum Gasteiger partial charge on any atom is -0.369 e. The van der Waals surface area contributed by atoms with Gasteiger partial charge in [0.15, 0.2) is 0 Å². The molecule has 16 heavy (non-hydrogen) atoms. The highest BCUT2D eigenvalue weighted by Crippen LogP contribution is 2.33. The van der Waals surface area contributed by atoms with Gasteiger partial charge in [-0.25, -0.2) is 0 Å². The summed E-state index contributed by atoms with van der Waals surface area (Å²) in [5.74, 6) is 1.04. The van der Waals surface area contributed by atoms with Crippen molar-refractivity contribution in [3.63, 3.8) is 0 Å². The van der Waals surface area contributed by atoms with Crippen molar-refractivity contribution in [2.75, 3.05) is 27.2 Å². The molecule has 0 aromatic carbocycles. The molecule has 2 fully saturated rings. The first-order valence-corrected chi connectivity index (χ1v) is 6.93. The Morgan fingerprint density at radius 1 is 0.875 bits per heavy atom. The number of piperidine rings is 2. The molecule has 0 aliphatic carbocycles. The van der Waals surface area contributed by atoms with E-state index in [0.29, 0.717) is 11.8 Å². The monoisotopic (exact) mass is 256 g/mol. The quantitative estimate of drug-likeness (QED) is 0.664. The smallest absolute Gasteiger partial charge is 0.0815 e. The zero-order valence-corrected chi connectivity index (χ0v) is 11.7. The highest BCUT2D eigenvalue weighted by Gasteiger charge is 2.35. The van der Waals surface area contributed by atoms with Gasteiger partial charge in [-0.15, -0.1) is 0 Å². The molecule has 0 radical (unpaired) electrons. The lowest BCUT2D eigenvalue weighted by Gasteiger charge is -2.41. The molecule has 2 unspecified atom stereocenters. The Morgan fingerprint density at radius 2 is 1.25 bits per heavy atom. The maximum Gasteiger partial charge on any atom is 0.0815 e. The van der Waals surface area contributed by atoms with Gasteiger partial charge in [0, 0.05) is 39.0 Å². The van der Waals surface area contributed by atoms with Crippen molar-refractivity contribution in [2.45, 2.75) is 25.7 Å². The second-order valence-corrected chi connectivity index (χ2v) is 5.85. The van der Waals surface area contributed by atoms with E-state index in [2.05, 4.69) is 23.9 Å². The van der Waals surface area contributed by atoms with E-state index in [1.807, 2.05) is 0 Å². The average molecular weight is 256 g/mol. The number of nitrogens with zero attached hydrogens (tertiary/aromatic N) is 2. The topological polar surface area (TPSA) is 6.48 Å². The zero-order valence-electron chi connectivity index (χ0n) is 10.1. The van der Waals surface area contributed by atoms with Crippen LogP contribution in [0.25, 0.3) is 0 Å². The summed E-state index contributed by atoms with van der Waals surface area (Å²) in [5.41, 5.74) is 0. The molecule has 90 valence electrons. The van der Waals surface area contributed by atoms with Crippen molar-refractivity contribution in [1.82, 2.24) is 9.80 Å². The molecule has 2 aliphatic rings. The van der Waals surface area contributed by atoms with Crippen LogP contribution in [-0.4, -0.2) is 47.0 Å². The van der Waals surface area contributed by atoms with E-state index in [0.717, 1.165) is 23.1 Å². The lowest BCUT2D eigenvalue weighted by atomic mass is 9.80. The first-order chi connectivity index (χ1) is 7.61. The van der Waals surface area contributed by atoms with E-state index < -0.39 is 0 Å². The Balaban J connectivity index is 2.10. The lowest BCUT2D eigenvalue weighted by Crippen LogP contribution is -2.47. The van der Waals surface area contributed by atoms with Gasteiger partial charge in [0.05, 0.1) is 9.98 Å². The summed E-state index contributed by atoms with van der Waals surface area (Å²) in [6, 6.07) is 0. The first kappa shape index (κ1) is 12.2. The van der Waals surface area contributed by atoms with Crippen molar-refractivity contribution < 1.29 is 0 Å². The normalized spacial score (nSPS) is 32.1. The van der Waals surface area contributed by atoms with Crippen LogP contribution in [0.3, 0.4) is 0 Å². The zero-order chi connectivity index (χ0) is 11.7. The molecule has 2 rings (SSSR count). The molecule has 2 saturated heterocycles. The summed E-state index contributed by atoms with van der Waals surface area (Å²) < 4.78 is 0. The van der Waals surface area contributed by atoms with Gasteiger partial charge in [0.2, 0.25) is 0 Å². The third-order valence-corrected chi connectivity index (χ3v) is 5.12. The first-order valence-electron chi connectivity index (χ1n) is 6.11. The molecule has 2 aliphatic heterocycles. The van der Waals surface area contributed by atoms with Crippen LogP contribution in [-0.2, 0) is 0 Å². The molecule has 0 aromatic rings. The highest BCUT2D eigenvalue weighted by molar-refractivity contribution is 7.80. The van der Waals surface area contributed by atoms with Crippen LogP contribution < -0.4 is 0 Å². The van der Waals surface area contributed by atoms with Crippen LogP contribution in [0.1, 0.15) is 25.7 Å². The van der Waals surface area contributed by atoms with Crippen molar-refractivity contribution in [2.24, 2.45) is 11.8 Å². The molecule has 0 N–H and O–H groups in total. The highest BCUT2D eigenvalue weighted by atomic mass is 32.1. The van der Waals surface area contributed by atoms with Crippen molar-refractivity contribution in [1.29, 1.82) is 0 Å². The molecule has 0 amide bonds. The molecular formula is C12H20N2S2. The van der Waals surface area contributed by atoms with Crippen LogP contribution in [0, 0.1) is 11.8 Å². The van der Waals surface area contributed by atoms with E-state index in [-0.39, 0.29) is 0 Å². The van der Waals surface area contributed by atoms with Gasteiger partial charge in [0.1, 0.15) is 0 Å². The number of likely N-dealkylation sites (tertiary alicyclic amines) is 2. The molecule has 0 bridgehead atoms. The maximum absolute atomic E-state index is 5.57. The molecule has 0 saturated carbocycles. The SMILES string of the molecule is CN1CCCC(C2CCCN(C)C2=S)C1=S. The largest absolute Gasteiger partial charge is 0.369 e. The van der Waals surface area contributed by atoms with Gasteiger partial charge in [-0.05, 0) is 25.7 Å². The van der Waals surface area contributed by atoms with E-state index in [1.165, 1.54) is 25.7 Å². The number of rotatable bonds is 1. The predicted molar refractivity (Wildman–Crippen MR) is 75.9 cm³/mol. The van der Waals surface area contributed by atoms with Crippen molar-refractivity contribution in [3.05, 3.63) is 0 Å². The van der Waals surface area contributed by atoms with Crippen LogP contribution in [0.4, 0.5) is 0 Å². The third-order valence-electron chi connectivity index (χ3n) is 3.89. The van der Waals surface area contributed by atoms with Crippen LogP contribution >= 0.6 is 24.4 Å². The van der Waals surface area contributed by atoms with Crippen molar-refractivity contribution in [3.8, 4) is 0 Å². The molecule has 2 heterocycles. The molecule has 4 heteroatoms.